The average Bonchev–Trinajstić information content (AvgIpc) is 2.93. The van der Waals surface area contributed by atoms with Gasteiger partial charge >= 0.3 is 0 Å². The number of hydrogen-bond acceptors (Lipinski definition) is 2. The molecule has 0 amide bonds. The molecular formula is C18H22ClNS. The van der Waals surface area contributed by atoms with E-state index in [9.17, 15) is 0 Å². The molecular weight excluding hydrogens is 298 g/mol. The summed E-state index contributed by atoms with van der Waals surface area (Å²) in [6.45, 7) is 5.69. The summed E-state index contributed by atoms with van der Waals surface area (Å²) in [5, 5.41) is 6.73. The molecule has 1 aromatic carbocycles. The number of halogens is 1. The summed E-state index contributed by atoms with van der Waals surface area (Å²) in [4.78, 5) is 1.46. The van der Waals surface area contributed by atoms with Crippen LogP contribution in [-0.2, 0) is 5.41 Å². The van der Waals surface area contributed by atoms with E-state index in [0.29, 0.717) is 12.0 Å². The van der Waals surface area contributed by atoms with Gasteiger partial charge in [-0.1, -0.05) is 43.6 Å². The third-order valence-electron chi connectivity index (χ3n) is 4.50. The van der Waals surface area contributed by atoms with E-state index in [4.69, 9.17) is 11.6 Å². The highest BCUT2D eigenvalue weighted by Crippen LogP contribution is 2.38. The van der Waals surface area contributed by atoms with E-state index in [2.05, 4.69) is 48.8 Å². The fraction of sp³-hybridized carbons (Fsp3) is 0.444. The molecule has 21 heavy (non-hydrogen) atoms. The van der Waals surface area contributed by atoms with Crippen LogP contribution in [0.25, 0.3) is 0 Å². The van der Waals surface area contributed by atoms with Crippen LogP contribution in [0.2, 0.25) is 5.02 Å². The van der Waals surface area contributed by atoms with Crippen LogP contribution in [0.15, 0.2) is 41.8 Å². The first-order chi connectivity index (χ1) is 10.0. The van der Waals surface area contributed by atoms with Crippen LogP contribution < -0.4 is 5.32 Å². The van der Waals surface area contributed by atoms with Gasteiger partial charge in [0.2, 0.25) is 0 Å². The number of hydrogen-bond donors (Lipinski definition) is 1. The van der Waals surface area contributed by atoms with Gasteiger partial charge in [-0.05, 0) is 47.9 Å². The first-order valence-electron chi connectivity index (χ1n) is 7.57. The molecule has 1 aliphatic rings. The van der Waals surface area contributed by atoms with Crippen molar-refractivity contribution >= 4 is 22.9 Å². The highest BCUT2D eigenvalue weighted by atomic mass is 35.5. The summed E-state index contributed by atoms with van der Waals surface area (Å²) in [5.41, 5.74) is 1.65. The highest BCUT2D eigenvalue weighted by molar-refractivity contribution is 7.10. The summed E-state index contributed by atoms with van der Waals surface area (Å²) < 4.78 is 0. The van der Waals surface area contributed by atoms with Crippen LogP contribution in [0.5, 0.6) is 0 Å². The van der Waals surface area contributed by atoms with Crippen molar-refractivity contribution in [1.82, 2.24) is 5.32 Å². The molecule has 2 aromatic rings. The van der Waals surface area contributed by atoms with Crippen molar-refractivity contribution in [2.45, 2.75) is 44.1 Å². The SMILES string of the molecule is CC(C)(CNC1CC(c2ccc(Cl)cc2)C1)c1cccs1. The van der Waals surface area contributed by atoms with Crippen LogP contribution in [0, 0.1) is 0 Å². The second-order valence-electron chi connectivity index (χ2n) is 6.66. The van der Waals surface area contributed by atoms with Gasteiger partial charge in [0, 0.05) is 27.9 Å². The van der Waals surface area contributed by atoms with Crippen LogP contribution in [0.4, 0.5) is 0 Å². The Bertz CT molecular complexity index is 568. The van der Waals surface area contributed by atoms with Gasteiger partial charge in [-0.25, -0.2) is 0 Å². The average molecular weight is 320 g/mol. The fourth-order valence-corrected chi connectivity index (χ4v) is 3.92. The van der Waals surface area contributed by atoms with Gasteiger partial charge in [0.1, 0.15) is 0 Å². The van der Waals surface area contributed by atoms with Gasteiger partial charge in [0.05, 0.1) is 0 Å². The lowest BCUT2D eigenvalue weighted by molar-refractivity contribution is 0.273. The van der Waals surface area contributed by atoms with E-state index in [-0.39, 0.29) is 5.41 Å². The summed E-state index contributed by atoms with van der Waals surface area (Å²) in [7, 11) is 0. The van der Waals surface area contributed by atoms with Crippen molar-refractivity contribution in [2.75, 3.05) is 6.54 Å². The molecule has 1 heterocycles. The van der Waals surface area contributed by atoms with Gasteiger partial charge < -0.3 is 5.32 Å². The second-order valence-corrected chi connectivity index (χ2v) is 8.04. The number of thiophene rings is 1. The van der Waals surface area contributed by atoms with E-state index in [0.717, 1.165) is 11.6 Å². The third kappa shape index (κ3) is 3.50. The molecule has 1 nitrogen and oxygen atoms in total. The van der Waals surface area contributed by atoms with Gasteiger partial charge in [0.15, 0.2) is 0 Å². The quantitative estimate of drug-likeness (QED) is 0.797. The molecule has 0 bridgehead atoms. The molecule has 112 valence electrons. The van der Waals surface area contributed by atoms with Crippen molar-refractivity contribution in [3.8, 4) is 0 Å². The van der Waals surface area contributed by atoms with Crippen molar-refractivity contribution < 1.29 is 0 Å². The van der Waals surface area contributed by atoms with Crippen LogP contribution in [-0.4, -0.2) is 12.6 Å². The zero-order chi connectivity index (χ0) is 14.9. The number of benzene rings is 1. The zero-order valence-electron chi connectivity index (χ0n) is 12.6. The highest BCUT2D eigenvalue weighted by Gasteiger charge is 2.31. The van der Waals surface area contributed by atoms with Gasteiger partial charge in [0.25, 0.3) is 0 Å². The van der Waals surface area contributed by atoms with Crippen molar-refractivity contribution in [3.05, 3.63) is 57.2 Å². The Kier molecular flexibility index (Phi) is 4.39. The van der Waals surface area contributed by atoms with Crippen LogP contribution in [0.1, 0.15) is 43.0 Å². The maximum absolute atomic E-state index is 5.94. The molecule has 0 radical (unpaired) electrons. The number of nitrogens with one attached hydrogen (secondary N) is 1. The van der Waals surface area contributed by atoms with E-state index < -0.39 is 0 Å². The maximum Gasteiger partial charge on any atom is 0.0406 e. The minimum Gasteiger partial charge on any atom is -0.313 e. The first kappa shape index (κ1) is 15.1. The summed E-state index contributed by atoms with van der Waals surface area (Å²) in [6, 6.07) is 13.4. The molecule has 0 unspecified atom stereocenters. The van der Waals surface area contributed by atoms with E-state index in [1.54, 1.807) is 0 Å². The van der Waals surface area contributed by atoms with Gasteiger partial charge in [-0.3, -0.25) is 0 Å². The molecule has 0 saturated heterocycles. The molecule has 1 fully saturated rings. The molecule has 0 spiro atoms. The lowest BCUT2D eigenvalue weighted by Gasteiger charge is -2.38. The predicted molar refractivity (Wildman–Crippen MR) is 92.6 cm³/mol. The Morgan fingerprint density at radius 2 is 1.90 bits per heavy atom. The summed E-state index contributed by atoms with van der Waals surface area (Å²) in [6.07, 6.45) is 2.48. The molecule has 1 N–H and O–H groups in total. The second kappa shape index (κ2) is 6.12. The molecule has 1 aromatic heterocycles. The molecule has 3 rings (SSSR count). The van der Waals surface area contributed by atoms with E-state index >= 15 is 0 Å². The standard InChI is InChI=1S/C18H22ClNS/c1-18(2,17-4-3-9-21-17)12-20-16-10-14(11-16)13-5-7-15(19)8-6-13/h3-9,14,16,20H,10-12H2,1-2H3. The smallest absolute Gasteiger partial charge is 0.0406 e. The third-order valence-corrected chi connectivity index (χ3v) is 5.99. The van der Waals surface area contributed by atoms with Gasteiger partial charge in [-0.2, -0.15) is 0 Å². The van der Waals surface area contributed by atoms with Gasteiger partial charge in [-0.15, -0.1) is 11.3 Å². The maximum atomic E-state index is 5.94. The van der Waals surface area contributed by atoms with Crippen LogP contribution in [0.3, 0.4) is 0 Å². The Balaban J connectivity index is 1.48. The first-order valence-corrected chi connectivity index (χ1v) is 8.83. The number of rotatable bonds is 5. The lowest BCUT2D eigenvalue weighted by Crippen LogP contribution is -2.45. The van der Waals surface area contributed by atoms with Crippen molar-refractivity contribution in [3.63, 3.8) is 0 Å². The summed E-state index contributed by atoms with van der Waals surface area (Å²) in [5.74, 6) is 0.699. The molecule has 0 atom stereocenters. The van der Waals surface area contributed by atoms with E-state index in [1.165, 1.54) is 23.3 Å². The van der Waals surface area contributed by atoms with Crippen molar-refractivity contribution in [2.24, 2.45) is 0 Å². The largest absolute Gasteiger partial charge is 0.313 e. The minimum atomic E-state index is 0.222. The molecule has 1 aliphatic carbocycles. The lowest BCUT2D eigenvalue weighted by atomic mass is 9.75. The Morgan fingerprint density at radius 3 is 2.52 bits per heavy atom. The Morgan fingerprint density at radius 1 is 1.19 bits per heavy atom. The van der Waals surface area contributed by atoms with E-state index in [1.807, 2.05) is 23.5 Å². The predicted octanol–water partition coefficient (Wildman–Crippen LogP) is 5.21. The monoisotopic (exact) mass is 319 g/mol. The Labute approximate surface area is 136 Å². The fourth-order valence-electron chi connectivity index (χ4n) is 2.94. The molecule has 0 aliphatic heterocycles. The van der Waals surface area contributed by atoms with Crippen molar-refractivity contribution in [1.29, 1.82) is 0 Å². The topological polar surface area (TPSA) is 12.0 Å². The minimum absolute atomic E-state index is 0.222. The zero-order valence-corrected chi connectivity index (χ0v) is 14.2. The van der Waals surface area contributed by atoms with Crippen LogP contribution >= 0.6 is 22.9 Å². The molecule has 1 saturated carbocycles. The normalized spacial score (nSPS) is 22.0. The molecule has 3 heteroatoms. The Hall–Kier alpha value is -0.830. The summed E-state index contributed by atoms with van der Waals surface area (Å²) >= 11 is 7.80.